The molecule has 0 spiro atoms. The van der Waals surface area contributed by atoms with Crippen molar-refractivity contribution in [1.29, 1.82) is 0 Å². The summed E-state index contributed by atoms with van der Waals surface area (Å²) < 4.78 is 0. The van der Waals surface area contributed by atoms with Gasteiger partial charge < -0.3 is 5.84 Å². The normalized spacial score (nSPS) is 20.2. The van der Waals surface area contributed by atoms with Crippen LogP contribution in [-0.2, 0) is 4.79 Å². The standard InChI is InChI=1S/C16H21N5O/c17-21-12-8-9-18-15(11-5-2-1-3-6-11)14(12)16(19-21)20-10-4-7-13(20)22/h8-9,11H,1-7,10,17H2. The fourth-order valence-corrected chi connectivity index (χ4v) is 3.84. The van der Waals surface area contributed by atoms with E-state index in [1.54, 1.807) is 4.90 Å². The molecule has 6 heteroatoms. The van der Waals surface area contributed by atoms with Gasteiger partial charge in [0.25, 0.3) is 0 Å². The van der Waals surface area contributed by atoms with Crippen LogP contribution in [0.5, 0.6) is 0 Å². The van der Waals surface area contributed by atoms with Crippen LogP contribution in [0.15, 0.2) is 12.3 Å². The number of hydrogen-bond acceptors (Lipinski definition) is 4. The zero-order valence-electron chi connectivity index (χ0n) is 12.7. The zero-order chi connectivity index (χ0) is 15.1. The molecule has 4 rings (SSSR count). The van der Waals surface area contributed by atoms with Crippen LogP contribution in [0, 0.1) is 0 Å². The molecule has 3 heterocycles. The van der Waals surface area contributed by atoms with Crippen LogP contribution >= 0.6 is 0 Å². The summed E-state index contributed by atoms with van der Waals surface area (Å²) in [5.41, 5.74) is 1.94. The van der Waals surface area contributed by atoms with Gasteiger partial charge in [-0.15, -0.1) is 5.10 Å². The number of carbonyl (C=O) groups excluding carboxylic acids is 1. The molecular formula is C16H21N5O. The highest BCUT2D eigenvalue weighted by Crippen LogP contribution is 2.38. The molecule has 0 atom stereocenters. The lowest BCUT2D eigenvalue weighted by molar-refractivity contribution is -0.117. The number of hydrogen-bond donors (Lipinski definition) is 1. The average Bonchev–Trinajstić information content (AvgIpc) is 3.12. The van der Waals surface area contributed by atoms with Crippen molar-refractivity contribution in [3.05, 3.63) is 18.0 Å². The highest BCUT2D eigenvalue weighted by molar-refractivity contribution is 6.03. The molecule has 2 N–H and O–H groups in total. The Morgan fingerprint density at radius 2 is 2.00 bits per heavy atom. The van der Waals surface area contributed by atoms with Gasteiger partial charge in [0, 0.05) is 25.1 Å². The molecule has 22 heavy (non-hydrogen) atoms. The van der Waals surface area contributed by atoms with E-state index in [9.17, 15) is 4.79 Å². The molecule has 2 aromatic rings. The number of nitrogen functional groups attached to an aromatic ring is 1. The minimum atomic E-state index is 0.137. The number of anilines is 1. The largest absolute Gasteiger partial charge is 0.323 e. The third kappa shape index (κ3) is 2.05. The van der Waals surface area contributed by atoms with Gasteiger partial charge in [0.15, 0.2) is 5.82 Å². The SMILES string of the molecule is Nn1nc(N2CCCC2=O)c2c(C3CCCCC3)nccc21. The number of rotatable bonds is 2. The number of nitrogens with zero attached hydrogens (tertiary/aromatic N) is 4. The molecule has 0 bridgehead atoms. The Balaban J connectivity index is 1.88. The van der Waals surface area contributed by atoms with Gasteiger partial charge >= 0.3 is 0 Å². The van der Waals surface area contributed by atoms with Crippen molar-refractivity contribution in [3.8, 4) is 0 Å². The number of nitrogens with two attached hydrogens (primary N) is 1. The number of carbonyl (C=O) groups is 1. The van der Waals surface area contributed by atoms with Gasteiger partial charge in [-0.25, -0.2) is 0 Å². The van der Waals surface area contributed by atoms with Crippen LogP contribution in [0.4, 0.5) is 5.82 Å². The van der Waals surface area contributed by atoms with Crippen LogP contribution in [0.3, 0.4) is 0 Å². The molecule has 2 aromatic heterocycles. The highest BCUT2D eigenvalue weighted by atomic mass is 16.2. The monoisotopic (exact) mass is 299 g/mol. The minimum Gasteiger partial charge on any atom is -0.323 e. The van der Waals surface area contributed by atoms with Crippen molar-refractivity contribution in [2.75, 3.05) is 17.3 Å². The second-order valence-corrected chi connectivity index (χ2v) is 6.34. The maximum atomic E-state index is 12.1. The molecular weight excluding hydrogens is 278 g/mol. The van der Waals surface area contributed by atoms with Gasteiger partial charge in [-0.1, -0.05) is 19.3 Å². The van der Waals surface area contributed by atoms with Crippen molar-refractivity contribution in [3.63, 3.8) is 0 Å². The zero-order valence-corrected chi connectivity index (χ0v) is 12.7. The summed E-state index contributed by atoms with van der Waals surface area (Å²) in [5.74, 6) is 7.32. The lowest BCUT2D eigenvalue weighted by atomic mass is 9.85. The van der Waals surface area contributed by atoms with Gasteiger partial charge in [-0.05, 0) is 25.3 Å². The Labute approximate surface area is 129 Å². The summed E-state index contributed by atoms with van der Waals surface area (Å²) in [6.07, 6.45) is 9.42. The second-order valence-electron chi connectivity index (χ2n) is 6.34. The van der Waals surface area contributed by atoms with Crippen molar-refractivity contribution >= 4 is 22.6 Å². The first-order valence-corrected chi connectivity index (χ1v) is 8.19. The topological polar surface area (TPSA) is 77.0 Å². The van der Waals surface area contributed by atoms with Crippen molar-refractivity contribution in [2.24, 2.45) is 0 Å². The molecule has 2 fully saturated rings. The maximum Gasteiger partial charge on any atom is 0.228 e. The third-order valence-electron chi connectivity index (χ3n) is 4.95. The number of aromatic nitrogens is 3. The van der Waals surface area contributed by atoms with Crippen molar-refractivity contribution in [2.45, 2.75) is 50.9 Å². The van der Waals surface area contributed by atoms with Gasteiger partial charge in [-0.3, -0.25) is 14.7 Å². The summed E-state index contributed by atoms with van der Waals surface area (Å²) >= 11 is 0. The molecule has 0 unspecified atom stereocenters. The molecule has 1 saturated carbocycles. The maximum absolute atomic E-state index is 12.1. The van der Waals surface area contributed by atoms with Gasteiger partial charge in [0.1, 0.15) is 0 Å². The molecule has 6 nitrogen and oxygen atoms in total. The van der Waals surface area contributed by atoms with E-state index in [-0.39, 0.29) is 5.91 Å². The number of fused-ring (bicyclic) bond motifs is 1. The van der Waals surface area contributed by atoms with Gasteiger partial charge in [-0.2, -0.15) is 4.79 Å². The lowest BCUT2D eigenvalue weighted by Crippen LogP contribution is -2.25. The minimum absolute atomic E-state index is 0.137. The first-order chi connectivity index (χ1) is 10.8. The van der Waals surface area contributed by atoms with E-state index in [1.807, 2.05) is 12.3 Å². The van der Waals surface area contributed by atoms with Gasteiger partial charge in [0.05, 0.1) is 16.6 Å². The number of amides is 1. The van der Waals surface area contributed by atoms with Crippen LogP contribution < -0.4 is 10.7 Å². The average molecular weight is 299 g/mol. The number of pyridine rings is 1. The molecule has 1 aliphatic carbocycles. The Kier molecular flexibility index (Phi) is 3.24. The fraction of sp³-hybridized carbons (Fsp3) is 0.562. The van der Waals surface area contributed by atoms with Crippen molar-refractivity contribution in [1.82, 2.24) is 14.9 Å². The Bertz CT molecular complexity index is 717. The van der Waals surface area contributed by atoms with E-state index in [2.05, 4.69) is 10.1 Å². The van der Waals surface area contributed by atoms with Crippen LogP contribution in [0.2, 0.25) is 0 Å². The first-order valence-electron chi connectivity index (χ1n) is 8.19. The molecule has 1 amide bonds. The summed E-state index contributed by atoms with van der Waals surface area (Å²) in [4.78, 5) is 20.0. The molecule has 0 aromatic carbocycles. The van der Waals surface area contributed by atoms with Crippen molar-refractivity contribution < 1.29 is 4.79 Å². The van der Waals surface area contributed by atoms with E-state index < -0.39 is 0 Å². The highest BCUT2D eigenvalue weighted by Gasteiger charge is 2.30. The van der Waals surface area contributed by atoms with E-state index >= 15 is 0 Å². The smallest absolute Gasteiger partial charge is 0.228 e. The lowest BCUT2D eigenvalue weighted by Gasteiger charge is -2.22. The van der Waals surface area contributed by atoms with Crippen LogP contribution in [-0.4, -0.2) is 27.3 Å². The molecule has 0 radical (unpaired) electrons. The fourth-order valence-electron chi connectivity index (χ4n) is 3.84. The predicted octanol–water partition coefficient (Wildman–Crippen LogP) is 2.32. The van der Waals surface area contributed by atoms with E-state index in [1.165, 1.54) is 24.1 Å². The van der Waals surface area contributed by atoms with Crippen LogP contribution in [0.1, 0.15) is 56.6 Å². The Morgan fingerprint density at radius 3 is 2.73 bits per heavy atom. The second kappa shape index (κ2) is 5.26. The first kappa shape index (κ1) is 13.5. The Hall–Kier alpha value is -2.11. The van der Waals surface area contributed by atoms with E-state index in [4.69, 9.17) is 5.84 Å². The Morgan fingerprint density at radius 1 is 1.18 bits per heavy atom. The predicted molar refractivity (Wildman–Crippen MR) is 85.1 cm³/mol. The van der Waals surface area contributed by atoms with E-state index in [0.717, 1.165) is 42.4 Å². The van der Waals surface area contributed by atoms with Crippen LogP contribution in [0.25, 0.3) is 10.9 Å². The molecule has 116 valence electrons. The quantitative estimate of drug-likeness (QED) is 0.863. The van der Waals surface area contributed by atoms with E-state index in [0.29, 0.717) is 18.2 Å². The molecule has 1 saturated heterocycles. The summed E-state index contributed by atoms with van der Waals surface area (Å²) in [6.45, 7) is 0.726. The molecule has 1 aliphatic heterocycles. The third-order valence-corrected chi connectivity index (χ3v) is 4.95. The molecule has 2 aliphatic rings. The summed E-state index contributed by atoms with van der Waals surface area (Å²) in [6, 6.07) is 1.89. The summed E-state index contributed by atoms with van der Waals surface area (Å²) in [5, 5.41) is 5.42. The van der Waals surface area contributed by atoms with Gasteiger partial charge in [0.2, 0.25) is 5.91 Å². The summed E-state index contributed by atoms with van der Waals surface area (Å²) in [7, 11) is 0.